The lowest BCUT2D eigenvalue weighted by molar-refractivity contribution is 1.55. The molecule has 0 aliphatic carbocycles. The van der Waals surface area contributed by atoms with E-state index in [1.54, 1.807) is 11.3 Å². The zero-order valence-electron chi connectivity index (χ0n) is 13.1. The molecule has 4 aromatic rings. The molecule has 0 saturated heterocycles. The summed E-state index contributed by atoms with van der Waals surface area (Å²) >= 11 is 1.56. The molecule has 0 aliphatic rings. The first-order valence-corrected chi connectivity index (χ1v) is 7.46. The molecule has 0 radical (unpaired) electrons. The molecule has 0 amide bonds. The lowest BCUT2D eigenvalue weighted by atomic mass is 9.98. The molecule has 0 nitrogen and oxygen atoms in total. The van der Waals surface area contributed by atoms with Crippen LogP contribution in [0.5, 0.6) is 0 Å². The fourth-order valence-electron chi connectivity index (χ4n) is 2.74. The van der Waals surface area contributed by atoms with E-state index in [1.165, 1.54) is 5.56 Å². The first kappa shape index (κ1) is 9.73. The average molecular weight is 276 g/mol. The molecule has 96 valence electrons. The molecule has 1 heterocycles. The maximum Gasteiger partial charge on any atom is 0.0638 e. The number of rotatable bonds is 1. The fourth-order valence-corrected chi connectivity index (χ4v) is 3.87. The van der Waals surface area contributed by atoms with Crippen LogP contribution in [-0.2, 0) is 0 Å². The van der Waals surface area contributed by atoms with E-state index in [1.807, 2.05) is 42.5 Å². The molecular weight excluding hydrogens is 260 g/mol. The van der Waals surface area contributed by atoms with Gasteiger partial charge in [-0.25, -0.2) is 0 Å². The smallest absolute Gasteiger partial charge is 0.0638 e. The SMILES string of the molecule is [2H]c1ccc(C)c2c1sc1c([2H])ccc(-c3ccccc3)c12. The molecular formula is C19H14S. The Bertz CT molecular complexity index is 1000. The largest absolute Gasteiger partial charge is 0.135 e. The maximum atomic E-state index is 8.25. The number of fused-ring (bicyclic) bond motifs is 3. The Balaban J connectivity index is 2.25. The number of hydrogen-bond donors (Lipinski definition) is 0. The van der Waals surface area contributed by atoms with Gasteiger partial charge in [0.25, 0.3) is 0 Å². The average Bonchev–Trinajstić information content (AvgIpc) is 2.95. The van der Waals surface area contributed by atoms with Gasteiger partial charge in [0, 0.05) is 20.2 Å². The third-order valence-corrected chi connectivity index (χ3v) is 4.72. The van der Waals surface area contributed by atoms with Crippen molar-refractivity contribution in [2.75, 3.05) is 0 Å². The van der Waals surface area contributed by atoms with Crippen LogP contribution in [0.15, 0.2) is 66.7 Å². The highest BCUT2D eigenvalue weighted by atomic mass is 32.1. The zero-order valence-corrected chi connectivity index (χ0v) is 11.9. The van der Waals surface area contributed by atoms with Crippen LogP contribution in [0, 0.1) is 6.92 Å². The van der Waals surface area contributed by atoms with E-state index < -0.39 is 0 Å². The van der Waals surface area contributed by atoms with Gasteiger partial charge in [0.15, 0.2) is 0 Å². The van der Waals surface area contributed by atoms with Crippen molar-refractivity contribution in [1.82, 2.24) is 0 Å². The molecule has 0 atom stereocenters. The van der Waals surface area contributed by atoms with E-state index >= 15 is 0 Å². The van der Waals surface area contributed by atoms with E-state index in [0.29, 0.717) is 12.1 Å². The third kappa shape index (κ3) is 1.67. The first-order valence-electron chi connectivity index (χ1n) is 7.64. The van der Waals surface area contributed by atoms with Crippen molar-refractivity contribution in [3.8, 4) is 11.1 Å². The second-order valence-electron chi connectivity index (χ2n) is 4.93. The molecule has 0 bridgehead atoms. The van der Waals surface area contributed by atoms with Gasteiger partial charge in [0.05, 0.1) is 2.74 Å². The van der Waals surface area contributed by atoms with Crippen molar-refractivity contribution in [2.24, 2.45) is 0 Å². The minimum absolute atomic E-state index is 0.537. The fraction of sp³-hybridized carbons (Fsp3) is 0.0526. The van der Waals surface area contributed by atoms with Gasteiger partial charge in [-0.1, -0.05) is 54.6 Å². The molecule has 0 N–H and O–H groups in total. The van der Waals surface area contributed by atoms with Gasteiger partial charge in [0.2, 0.25) is 0 Å². The van der Waals surface area contributed by atoms with Crippen LogP contribution < -0.4 is 0 Å². The van der Waals surface area contributed by atoms with E-state index in [-0.39, 0.29) is 0 Å². The Hall–Kier alpha value is -2.12. The molecule has 0 saturated carbocycles. The molecule has 20 heavy (non-hydrogen) atoms. The van der Waals surface area contributed by atoms with Gasteiger partial charge in [-0.2, -0.15) is 0 Å². The predicted octanol–water partition coefficient (Wildman–Crippen LogP) is 6.03. The number of thiophene rings is 1. The monoisotopic (exact) mass is 276 g/mol. The van der Waals surface area contributed by atoms with Crippen molar-refractivity contribution >= 4 is 31.5 Å². The lowest BCUT2D eigenvalue weighted by Gasteiger charge is -2.05. The minimum atomic E-state index is 0.537. The van der Waals surface area contributed by atoms with E-state index in [4.69, 9.17) is 2.74 Å². The molecule has 0 spiro atoms. The van der Waals surface area contributed by atoms with Gasteiger partial charge < -0.3 is 0 Å². The summed E-state index contributed by atoms with van der Waals surface area (Å²) in [4.78, 5) is 0. The summed E-state index contributed by atoms with van der Waals surface area (Å²) in [7, 11) is 0. The highest BCUT2D eigenvalue weighted by molar-refractivity contribution is 7.26. The second-order valence-corrected chi connectivity index (χ2v) is 5.95. The quantitative estimate of drug-likeness (QED) is 0.398. The Morgan fingerprint density at radius 3 is 2.30 bits per heavy atom. The van der Waals surface area contributed by atoms with E-state index in [9.17, 15) is 0 Å². The molecule has 1 aromatic heterocycles. The van der Waals surface area contributed by atoms with Crippen molar-refractivity contribution in [2.45, 2.75) is 6.92 Å². The number of aryl methyl sites for hydroxylation is 1. The zero-order chi connectivity index (χ0) is 15.3. The standard InChI is InChI=1S/C19H14S/c1-13-7-5-11-16-18(13)19-15(10-6-12-17(19)20-16)14-8-3-2-4-9-14/h2-12H,1H3/i11D,12D. The Labute approximate surface area is 125 Å². The summed E-state index contributed by atoms with van der Waals surface area (Å²) in [6.07, 6.45) is 0. The molecule has 4 rings (SSSR count). The van der Waals surface area contributed by atoms with Gasteiger partial charge in [-0.05, 0) is 35.7 Å². The highest BCUT2D eigenvalue weighted by Crippen LogP contribution is 2.41. The van der Waals surface area contributed by atoms with Crippen LogP contribution in [0.2, 0.25) is 0 Å². The molecule has 0 unspecified atom stereocenters. The van der Waals surface area contributed by atoms with Crippen molar-refractivity contribution in [3.05, 3.63) is 72.2 Å². The van der Waals surface area contributed by atoms with Gasteiger partial charge in [-0.3, -0.25) is 0 Å². The van der Waals surface area contributed by atoms with Crippen LogP contribution in [0.25, 0.3) is 31.3 Å². The van der Waals surface area contributed by atoms with Crippen LogP contribution in [-0.4, -0.2) is 0 Å². The Kier molecular flexibility index (Phi) is 2.17. The van der Waals surface area contributed by atoms with E-state index in [2.05, 4.69) is 19.1 Å². The van der Waals surface area contributed by atoms with Crippen LogP contribution >= 0.6 is 11.3 Å². The summed E-state index contributed by atoms with van der Waals surface area (Å²) in [5.74, 6) is 0. The van der Waals surface area contributed by atoms with Gasteiger partial charge >= 0.3 is 0 Å². The summed E-state index contributed by atoms with van der Waals surface area (Å²) in [6.45, 7) is 2.08. The first-order chi connectivity index (χ1) is 10.7. The topological polar surface area (TPSA) is 0 Å². The van der Waals surface area contributed by atoms with Gasteiger partial charge in [-0.15, -0.1) is 11.3 Å². The maximum absolute atomic E-state index is 8.25. The molecule has 0 fully saturated rings. The summed E-state index contributed by atoms with van der Waals surface area (Å²) in [6, 6.07) is 19.1. The lowest BCUT2D eigenvalue weighted by Crippen LogP contribution is -1.80. The molecule has 3 aromatic carbocycles. The molecule has 0 aliphatic heterocycles. The molecule has 1 heteroatoms. The van der Waals surface area contributed by atoms with Crippen molar-refractivity contribution < 1.29 is 2.74 Å². The van der Waals surface area contributed by atoms with Crippen molar-refractivity contribution in [1.29, 1.82) is 0 Å². The number of benzene rings is 3. The highest BCUT2D eigenvalue weighted by Gasteiger charge is 2.11. The second kappa shape index (κ2) is 4.46. The van der Waals surface area contributed by atoms with Crippen LogP contribution in [0.3, 0.4) is 0 Å². The third-order valence-electron chi connectivity index (χ3n) is 3.67. The predicted molar refractivity (Wildman–Crippen MR) is 89.5 cm³/mol. The van der Waals surface area contributed by atoms with Crippen LogP contribution in [0.4, 0.5) is 0 Å². The summed E-state index contributed by atoms with van der Waals surface area (Å²) < 4.78 is 18.4. The van der Waals surface area contributed by atoms with E-state index in [0.717, 1.165) is 31.3 Å². The summed E-state index contributed by atoms with van der Waals surface area (Å²) in [5.41, 5.74) is 3.47. The summed E-state index contributed by atoms with van der Waals surface area (Å²) in [5, 5.41) is 2.24. The Morgan fingerprint density at radius 2 is 1.50 bits per heavy atom. The minimum Gasteiger partial charge on any atom is -0.135 e. The van der Waals surface area contributed by atoms with Crippen LogP contribution in [0.1, 0.15) is 8.30 Å². The normalized spacial score (nSPS) is 12.7. The Morgan fingerprint density at radius 1 is 0.800 bits per heavy atom. The number of hydrogen-bond acceptors (Lipinski definition) is 1. The van der Waals surface area contributed by atoms with Gasteiger partial charge in [0.1, 0.15) is 0 Å². The van der Waals surface area contributed by atoms with Crippen molar-refractivity contribution in [3.63, 3.8) is 0 Å².